The van der Waals surface area contributed by atoms with E-state index in [1.807, 2.05) is 0 Å². The number of amides is 1. The van der Waals surface area contributed by atoms with E-state index in [0.717, 1.165) is 18.3 Å². The summed E-state index contributed by atoms with van der Waals surface area (Å²) in [6, 6.07) is 0.963. The Bertz CT molecular complexity index is 745. The molecule has 0 spiro atoms. The van der Waals surface area contributed by atoms with E-state index in [1.165, 1.54) is 10.6 Å². The van der Waals surface area contributed by atoms with Crippen molar-refractivity contribution in [2.45, 2.75) is 12.7 Å². The van der Waals surface area contributed by atoms with Crippen LogP contribution in [-0.2, 0) is 17.5 Å². The molecule has 0 bridgehead atoms. The second kappa shape index (κ2) is 5.75. The van der Waals surface area contributed by atoms with E-state index in [2.05, 4.69) is 38.5 Å². The van der Waals surface area contributed by atoms with E-state index in [-0.39, 0.29) is 11.0 Å². The molecule has 4 nitrogen and oxygen atoms in total. The Labute approximate surface area is 126 Å². The summed E-state index contributed by atoms with van der Waals surface area (Å²) in [5, 5.41) is 2.51. The number of fused-ring (bicyclic) bond motifs is 1. The molecule has 0 fully saturated rings. The topological polar surface area (TPSA) is 46.4 Å². The van der Waals surface area contributed by atoms with Gasteiger partial charge in [0.2, 0.25) is 0 Å². The average Bonchev–Trinajstić information content (AvgIpc) is 2.79. The Morgan fingerprint density at radius 2 is 2.24 bits per heavy atom. The van der Waals surface area contributed by atoms with E-state index in [1.54, 1.807) is 0 Å². The number of halogens is 4. The first-order chi connectivity index (χ1) is 9.81. The first kappa shape index (κ1) is 15.3. The van der Waals surface area contributed by atoms with Gasteiger partial charge in [0, 0.05) is 18.5 Å². The Morgan fingerprint density at radius 3 is 2.86 bits per heavy atom. The van der Waals surface area contributed by atoms with Crippen LogP contribution in [0.5, 0.6) is 0 Å². The molecule has 0 saturated carbocycles. The molecule has 0 aliphatic heterocycles. The van der Waals surface area contributed by atoms with Crippen molar-refractivity contribution in [3.8, 4) is 0 Å². The van der Waals surface area contributed by atoms with E-state index in [9.17, 15) is 18.0 Å². The summed E-state index contributed by atoms with van der Waals surface area (Å²) in [6.45, 7) is 3.35. The molecule has 1 amide bonds. The molecule has 110 valence electrons. The zero-order chi connectivity index (χ0) is 15.6. The molecular formula is C13H9BrF3N3O. The van der Waals surface area contributed by atoms with E-state index in [0.29, 0.717) is 11.3 Å². The third-order valence-electron chi connectivity index (χ3n) is 2.56. The summed E-state index contributed by atoms with van der Waals surface area (Å²) in [5.41, 5.74) is 2.30. The minimum atomic E-state index is -4.44. The van der Waals surface area contributed by atoms with Crippen LogP contribution in [0, 0.1) is 0 Å². The smallest absolute Gasteiger partial charge is 0.346 e. The van der Waals surface area contributed by atoms with E-state index >= 15 is 0 Å². The monoisotopic (exact) mass is 359 g/mol. The van der Waals surface area contributed by atoms with Gasteiger partial charge in [-0.05, 0) is 22.0 Å². The Morgan fingerprint density at radius 1 is 1.52 bits per heavy atom. The highest BCUT2D eigenvalue weighted by Gasteiger charge is 2.31. The Hall–Kier alpha value is -2.05. The third-order valence-corrected chi connectivity index (χ3v) is 3.14. The molecule has 1 N–H and O–H groups in total. The first-order valence-electron chi connectivity index (χ1n) is 5.69. The lowest BCUT2D eigenvalue weighted by Gasteiger charge is -2.07. The molecule has 21 heavy (non-hydrogen) atoms. The van der Waals surface area contributed by atoms with Gasteiger partial charge in [-0.15, -0.1) is 5.73 Å². The maximum atomic E-state index is 12.7. The second-order valence-corrected chi connectivity index (χ2v) is 4.96. The standard InChI is InChI=1S/C13H9BrF3N3O/c1-2-3-11(21)18-5-9-7-20-6-8(13(15,16)17)4-10(14)12(20)19-9/h3-4,6-7H,1,5H2,(H,18,21). The van der Waals surface area contributed by atoms with Crippen LogP contribution in [0.25, 0.3) is 5.65 Å². The fraction of sp³-hybridized carbons (Fsp3) is 0.154. The molecule has 0 aliphatic carbocycles. The van der Waals surface area contributed by atoms with Crippen LogP contribution in [0.2, 0.25) is 0 Å². The third kappa shape index (κ3) is 3.53. The van der Waals surface area contributed by atoms with Gasteiger partial charge in [0.1, 0.15) is 0 Å². The second-order valence-electron chi connectivity index (χ2n) is 4.10. The number of pyridine rings is 1. The molecule has 0 unspecified atom stereocenters. The molecule has 0 aromatic carbocycles. The number of carbonyl (C=O) groups is 1. The van der Waals surface area contributed by atoms with Crippen LogP contribution < -0.4 is 5.32 Å². The van der Waals surface area contributed by atoms with Gasteiger partial charge in [-0.2, -0.15) is 13.2 Å². The molecule has 2 aromatic heterocycles. The van der Waals surface area contributed by atoms with Crippen molar-refractivity contribution in [3.05, 3.63) is 52.6 Å². The van der Waals surface area contributed by atoms with Crippen LogP contribution >= 0.6 is 15.9 Å². The first-order valence-corrected chi connectivity index (χ1v) is 6.48. The zero-order valence-electron chi connectivity index (χ0n) is 10.5. The van der Waals surface area contributed by atoms with Gasteiger partial charge >= 0.3 is 6.18 Å². The van der Waals surface area contributed by atoms with Gasteiger partial charge in [-0.25, -0.2) is 4.98 Å². The highest BCUT2D eigenvalue weighted by Crippen LogP contribution is 2.32. The highest BCUT2D eigenvalue weighted by atomic mass is 79.9. The molecule has 0 aliphatic rings. The van der Waals surface area contributed by atoms with Crippen molar-refractivity contribution >= 4 is 27.5 Å². The predicted molar refractivity (Wildman–Crippen MR) is 73.5 cm³/mol. The normalized spacial score (nSPS) is 11.2. The van der Waals surface area contributed by atoms with Crippen molar-refractivity contribution < 1.29 is 18.0 Å². The van der Waals surface area contributed by atoms with Crippen molar-refractivity contribution in [2.75, 3.05) is 0 Å². The maximum Gasteiger partial charge on any atom is 0.417 e. The number of hydrogen-bond donors (Lipinski definition) is 1. The lowest BCUT2D eigenvalue weighted by atomic mass is 10.3. The Balaban J connectivity index is 2.31. The van der Waals surface area contributed by atoms with Crippen LogP contribution in [0.4, 0.5) is 13.2 Å². The quantitative estimate of drug-likeness (QED) is 0.676. The minimum Gasteiger partial charge on any atom is -0.346 e. The SMILES string of the molecule is C=C=CC(=O)NCc1cn2cc(C(F)(F)F)cc(Br)c2n1. The summed E-state index contributed by atoms with van der Waals surface area (Å²) in [6.07, 6.45) is -0.952. The average molecular weight is 360 g/mol. The molecule has 2 rings (SSSR count). The van der Waals surface area contributed by atoms with Gasteiger partial charge in [0.25, 0.3) is 5.91 Å². The number of aromatic nitrogens is 2. The molecular weight excluding hydrogens is 351 g/mol. The number of rotatable bonds is 3. The van der Waals surface area contributed by atoms with Gasteiger partial charge in [0.15, 0.2) is 5.65 Å². The number of nitrogens with one attached hydrogen (secondary N) is 1. The van der Waals surface area contributed by atoms with Crippen LogP contribution in [0.3, 0.4) is 0 Å². The summed E-state index contributed by atoms with van der Waals surface area (Å²) in [5.74, 6) is -0.405. The lowest BCUT2D eigenvalue weighted by Crippen LogP contribution is -2.20. The highest BCUT2D eigenvalue weighted by molar-refractivity contribution is 9.10. The van der Waals surface area contributed by atoms with Gasteiger partial charge in [-0.3, -0.25) is 4.79 Å². The number of nitrogens with zero attached hydrogens (tertiary/aromatic N) is 2. The van der Waals surface area contributed by atoms with E-state index < -0.39 is 17.6 Å². The van der Waals surface area contributed by atoms with E-state index in [4.69, 9.17) is 0 Å². The summed E-state index contributed by atoms with van der Waals surface area (Å²) in [4.78, 5) is 15.4. The van der Waals surface area contributed by atoms with Crippen molar-refractivity contribution in [3.63, 3.8) is 0 Å². The Kier molecular flexibility index (Phi) is 4.20. The van der Waals surface area contributed by atoms with Crippen LogP contribution in [0.1, 0.15) is 11.3 Å². The predicted octanol–water partition coefficient (Wildman–Crippen LogP) is 3.07. The summed E-state index contributed by atoms with van der Waals surface area (Å²) >= 11 is 3.06. The van der Waals surface area contributed by atoms with Crippen LogP contribution in [-0.4, -0.2) is 15.3 Å². The van der Waals surface area contributed by atoms with Crippen LogP contribution in [0.15, 0.2) is 41.3 Å². The van der Waals surface area contributed by atoms with Crippen molar-refractivity contribution in [1.29, 1.82) is 0 Å². The summed E-state index contributed by atoms with van der Waals surface area (Å²) < 4.78 is 39.6. The maximum absolute atomic E-state index is 12.7. The van der Waals surface area contributed by atoms with Gasteiger partial charge in [0.05, 0.1) is 22.3 Å². The van der Waals surface area contributed by atoms with Gasteiger partial charge < -0.3 is 9.72 Å². The van der Waals surface area contributed by atoms with Gasteiger partial charge in [-0.1, -0.05) is 6.58 Å². The fourth-order valence-corrected chi connectivity index (χ4v) is 2.21. The minimum absolute atomic E-state index is 0.0898. The van der Waals surface area contributed by atoms with Crippen molar-refractivity contribution in [2.24, 2.45) is 0 Å². The molecule has 8 heteroatoms. The molecule has 0 saturated heterocycles. The largest absolute Gasteiger partial charge is 0.417 e. The molecule has 2 heterocycles. The zero-order valence-corrected chi connectivity index (χ0v) is 12.1. The fourth-order valence-electron chi connectivity index (χ4n) is 1.67. The number of hydrogen-bond acceptors (Lipinski definition) is 2. The number of alkyl halides is 3. The summed E-state index contributed by atoms with van der Waals surface area (Å²) in [7, 11) is 0. The molecule has 0 radical (unpaired) electrons. The molecule has 0 atom stereocenters. The number of imidazole rings is 1. The lowest BCUT2D eigenvalue weighted by molar-refractivity contribution is -0.137. The van der Waals surface area contributed by atoms with Crippen molar-refractivity contribution in [1.82, 2.24) is 14.7 Å². The number of carbonyl (C=O) groups excluding carboxylic acids is 1. The molecule has 2 aromatic rings.